The number of hydrogen-bond donors (Lipinski definition) is 1. The Kier molecular flexibility index (Phi) is 3.99. The van der Waals surface area contributed by atoms with Crippen LogP contribution in [0.2, 0.25) is 0 Å². The maximum atomic E-state index is 12.5. The molecule has 0 saturated heterocycles. The quantitative estimate of drug-likeness (QED) is 0.901. The average molecular weight is 283 g/mol. The first kappa shape index (κ1) is 14.5. The van der Waals surface area contributed by atoms with Crippen LogP contribution in [0, 0.1) is 13.8 Å². The van der Waals surface area contributed by atoms with Crippen LogP contribution in [0.25, 0.3) is 0 Å². The summed E-state index contributed by atoms with van der Waals surface area (Å²) >= 11 is 0. The molecule has 0 amide bonds. The van der Waals surface area contributed by atoms with Gasteiger partial charge in [0.05, 0.1) is 17.0 Å². The molecule has 1 aromatic carbocycles. The molecule has 1 fully saturated rings. The largest absolute Gasteiger partial charge is 0.383 e. The van der Waals surface area contributed by atoms with E-state index in [1.807, 2.05) is 26.0 Å². The fourth-order valence-electron chi connectivity index (χ4n) is 2.60. The van der Waals surface area contributed by atoms with Gasteiger partial charge in [-0.05, 0) is 44.7 Å². The van der Waals surface area contributed by atoms with E-state index in [1.54, 1.807) is 13.2 Å². The standard InChI is InChI=1S/C14H21NO3S/c1-11-5-6-13(12(2)9-11)19(16,17)15-14(10-18-3)7-4-8-14/h5-6,9,15H,4,7-8,10H2,1-3H3. The lowest BCUT2D eigenvalue weighted by atomic mass is 9.78. The topological polar surface area (TPSA) is 55.4 Å². The van der Waals surface area contributed by atoms with Gasteiger partial charge in [0.2, 0.25) is 10.0 Å². The minimum Gasteiger partial charge on any atom is -0.383 e. The second-order valence-electron chi connectivity index (χ2n) is 5.44. The van der Waals surface area contributed by atoms with Crippen LogP contribution in [-0.4, -0.2) is 27.7 Å². The Morgan fingerprint density at radius 1 is 1.32 bits per heavy atom. The minimum absolute atomic E-state index is 0.362. The summed E-state index contributed by atoms with van der Waals surface area (Å²) in [6, 6.07) is 5.38. The van der Waals surface area contributed by atoms with Gasteiger partial charge < -0.3 is 4.74 Å². The van der Waals surface area contributed by atoms with E-state index in [0.29, 0.717) is 11.5 Å². The molecule has 1 aliphatic carbocycles. The van der Waals surface area contributed by atoms with Crippen LogP contribution in [0.5, 0.6) is 0 Å². The van der Waals surface area contributed by atoms with Crippen molar-refractivity contribution in [2.45, 2.75) is 43.5 Å². The summed E-state index contributed by atoms with van der Waals surface area (Å²) in [5.74, 6) is 0. The highest BCUT2D eigenvalue weighted by Gasteiger charge is 2.41. The van der Waals surface area contributed by atoms with Crippen LogP contribution in [0.4, 0.5) is 0 Å². The second-order valence-corrected chi connectivity index (χ2v) is 7.09. The number of sulfonamides is 1. The van der Waals surface area contributed by atoms with Gasteiger partial charge in [-0.1, -0.05) is 17.7 Å². The summed E-state index contributed by atoms with van der Waals surface area (Å²) in [5.41, 5.74) is 1.43. The van der Waals surface area contributed by atoms with Crippen molar-refractivity contribution in [3.8, 4) is 0 Å². The zero-order valence-corrected chi connectivity index (χ0v) is 12.5. The summed E-state index contributed by atoms with van der Waals surface area (Å²) in [7, 11) is -1.88. The number of nitrogens with one attached hydrogen (secondary N) is 1. The molecule has 0 aliphatic heterocycles. The van der Waals surface area contributed by atoms with E-state index in [2.05, 4.69) is 4.72 Å². The molecular weight excluding hydrogens is 262 g/mol. The molecule has 0 unspecified atom stereocenters. The smallest absolute Gasteiger partial charge is 0.241 e. The molecule has 2 rings (SSSR count). The Labute approximate surface area is 115 Å². The first-order valence-electron chi connectivity index (χ1n) is 6.49. The van der Waals surface area contributed by atoms with Gasteiger partial charge in [-0.15, -0.1) is 0 Å². The molecule has 1 aliphatic rings. The summed E-state index contributed by atoms with van der Waals surface area (Å²) in [5, 5.41) is 0. The van der Waals surface area contributed by atoms with Crippen molar-refractivity contribution in [3.05, 3.63) is 29.3 Å². The zero-order chi connectivity index (χ0) is 14.1. The molecule has 19 heavy (non-hydrogen) atoms. The third kappa shape index (κ3) is 2.99. The second kappa shape index (κ2) is 5.23. The molecule has 0 bridgehead atoms. The molecule has 0 radical (unpaired) electrons. The van der Waals surface area contributed by atoms with Gasteiger partial charge >= 0.3 is 0 Å². The fraction of sp³-hybridized carbons (Fsp3) is 0.571. The first-order chi connectivity index (χ1) is 8.88. The Hall–Kier alpha value is -0.910. The highest BCUT2D eigenvalue weighted by Crippen LogP contribution is 2.34. The van der Waals surface area contributed by atoms with Crippen LogP contribution < -0.4 is 4.72 Å². The van der Waals surface area contributed by atoms with Crippen molar-refractivity contribution in [3.63, 3.8) is 0 Å². The molecule has 106 valence electrons. The van der Waals surface area contributed by atoms with Gasteiger partial charge in [-0.3, -0.25) is 0 Å². The van der Waals surface area contributed by atoms with Crippen LogP contribution >= 0.6 is 0 Å². The van der Waals surface area contributed by atoms with E-state index in [1.165, 1.54) is 0 Å². The third-order valence-corrected chi connectivity index (χ3v) is 5.44. The zero-order valence-electron chi connectivity index (χ0n) is 11.7. The van der Waals surface area contributed by atoms with Gasteiger partial charge in [0.15, 0.2) is 0 Å². The Bertz CT molecular complexity index is 562. The lowest BCUT2D eigenvalue weighted by molar-refractivity contribution is 0.0729. The Balaban J connectivity index is 2.27. The maximum absolute atomic E-state index is 12.5. The van der Waals surface area contributed by atoms with Crippen molar-refractivity contribution >= 4 is 10.0 Å². The SMILES string of the molecule is COCC1(NS(=O)(=O)c2ccc(C)cc2C)CCC1. The number of methoxy groups -OCH3 is 1. The average Bonchev–Trinajstić information content (AvgIpc) is 2.25. The van der Waals surface area contributed by atoms with Crippen molar-refractivity contribution in [2.24, 2.45) is 0 Å². The molecule has 0 spiro atoms. The number of ether oxygens (including phenoxy) is 1. The minimum atomic E-state index is -3.48. The van der Waals surface area contributed by atoms with E-state index in [9.17, 15) is 8.42 Å². The van der Waals surface area contributed by atoms with E-state index in [-0.39, 0.29) is 0 Å². The van der Waals surface area contributed by atoms with Crippen molar-refractivity contribution in [1.29, 1.82) is 0 Å². The highest BCUT2D eigenvalue weighted by atomic mass is 32.2. The summed E-state index contributed by atoms with van der Waals surface area (Å²) in [4.78, 5) is 0.362. The van der Waals surface area contributed by atoms with Gasteiger partial charge in [0.25, 0.3) is 0 Å². The number of rotatable bonds is 5. The predicted molar refractivity (Wildman–Crippen MR) is 74.7 cm³/mol. The third-order valence-electron chi connectivity index (χ3n) is 3.70. The maximum Gasteiger partial charge on any atom is 0.241 e. The van der Waals surface area contributed by atoms with Gasteiger partial charge in [0.1, 0.15) is 0 Å². The number of benzene rings is 1. The molecule has 0 heterocycles. The molecule has 0 atom stereocenters. The number of aryl methyl sites for hydroxylation is 2. The fourth-order valence-corrected chi connectivity index (χ4v) is 4.27. The first-order valence-corrected chi connectivity index (χ1v) is 7.97. The number of hydrogen-bond acceptors (Lipinski definition) is 3. The lowest BCUT2D eigenvalue weighted by Gasteiger charge is -2.41. The molecule has 1 aromatic rings. The van der Waals surface area contributed by atoms with E-state index >= 15 is 0 Å². The highest BCUT2D eigenvalue weighted by molar-refractivity contribution is 7.89. The molecule has 4 nitrogen and oxygen atoms in total. The predicted octanol–water partition coefficient (Wildman–Crippen LogP) is 2.15. The summed E-state index contributed by atoms with van der Waals surface area (Å²) < 4.78 is 32.9. The van der Waals surface area contributed by atoms with Gasteiger partial charge in [-0.25, -0.2) is 13.1 Å². The van der Waals surface area contributed by atoms with Crippen LogP contribution in [0.3, 0.4) is 0 Å². The molecule has 1 N–H and O–H groups in total. The van der Waals surface area contributed by atoms with Crippen LogP contribution in [0.1, 0.15) is 30.4 Å². The Morgan fingerprint density at radius 3 is 2.47 bits per heavy atom. The van der Waals surface area contributed by atoms with Crippen molar-refractivity contribution < 1.29 is 13.2 Å². The van der Waals surface area contributed by atoms with Crippen LogP contribution in [-0.2, 0) is 14.8 Å². The van der Waals surface area contributed by atoms with Crippen LogP contribution in [0.15, 0.2) is 23.1 Å². The molecule has 5 heteroatoms. The van der Waals surface area contributed by atoms with E-state index in [0.717, 1.165) is 30.4 Å². The molecular formula is C14H21NO3S. The molecule has 1 saturated carbocycles. The van der Waals surface area contributed by atoms with Gasteiger partial charge in [-0.2, -0.15) is 0 Å². The van der Waals surface area contributed by atoms with Gasteiger partial charge in [0, 0.05) is 7.11 Å². The van der Waals surface area contributed by atoms with Crippen molar-refractivity contribution in [2.75, 3.05) is 13.7 Å². The molecule has 0 aromatic heterocycles. The van der Waals surface area contributed by atoms with E-state index in [4.69, 9.17) is 4.74 Å². The van der Waals surface area contributed by atoms with Crippen molar-refractivity contribution in [1.82, 2.24) is 4.72 Å². The summed E-state index contributed by atoms with van der Waals surface area (Å²) in [6.45, 7) is 4.21. The monoisotopic (exact) mass is 283 g/mol. The normalized spacial score (nSPS) is 18.1. The van der Waals surface area contributed by atoms with E-state index < -0.39 is 15.6 Å². The Morgan fingerprint density at radius 2 is 2.00 bits per heavy atom. The lowest BCUT2D eigenvalue weighted by Crippen LogP contribution is -2.56. The summed E-state index contributed by atoms with van der Waals surface area (Å²) in [6.07, 6.45) is 2.72.